The highest BCUT2D eigenvalue weighted by atomic mass is 15.2. The molecule has 0 spiro atoms. The summed E-state index contributed by atoms with van der Waals surface area (Å²) in [6.45, 7) is 11.5. The highest BCUT2D eigenvalue weighted by Crippen LogP contribution is 2.31. The van der Waals surface area contributed by atoms with E-state index in [9.17, 15) is 0 Å². The van der Waals surface area contributed by atoms with Crippen LogP contribution in [0, 0.1) is 5.92 Å². The van der Waals surface area contributed by atoms with E-state index in [4.69, 9.17) is 5.73 Å². The Morgan fingerprint density at radius 2 is 2.29 bits per heavy atom. The minimum absolute atomic E-state index is 0.347. The molecule has 1 unspecified atom stereocenters. The van der Waals surface area contributed by atoms with Crippen molar-refractivity contribution in [2.75, 3.05) is 19.6 Å². The molecule has 0 radical (unpaired) electrons. The molecular formula is C12H24N2. The molecule has 2 nitrogen and oxygen atoms in total. The van der Waals surface area contributed by atoms with Crippen LogP contribution in [0.2, 0.25) is 0 Å². The van der Waals surface area contributed by atoms with Crippen LogP contribution in [0.15, 0.2) is 12.7 Å². The van der Waals surface area contributed by atoms with Crippen LogP contribution in [-0.2, 0) is 0 Å². The first-order valence-corrected chi connectivity index (χ1v) is 5.66. The average Bonchev–Trinajstić information content (AvgIpc) is 2.12. The van der Waals surface area contributed by atoms with Crippen molar-refractivity contribution < 1.29 is 0 Å². The van der Waals surface area contributed by atoms with E-state index in [1.807, 2.05) is 6.08 Å². The van der Waals surface area contributed by atoms with Crippen LogP contribution in [0.5, 0.6) is 0 Å². The summed E-state index contributed by atoms with van der Waals surface area (Å²) < 4.78 is 0. The first-order chi connectivity index (χ1) is 6.60. The second kappa shape index (κ2) is 4.94. The molecular weight excluding hydrogens is 172 g/mol. The molecule has 14 heavy (non-hydrogen) atoms. The third-order valence-electron chi connectivity index (χ3n) is 3.42. The van der Waals surface area contributed by atoms with Gasteiger partial charge in [0, 0.05) is 18.6 Å². The number of likely N-dealkylation sites (tertiary alicyclic amines) is 1. The fourth-order valence-electron chi connectivity index (χ4n) is 2.31. The van der Waals surface area contributed by atoms with Gasteiger partial charge in [0.25, 0.3) is 0 Å². The van der Waals surface area contributed by atoms with Crippen molar-refractivity contribution in [1.82, 2.24) is 4.90 Å². The van der Waals surface area contributed by atoms with Crippen LogP contribution < -0.4 is 5.73 Å². The van der Waals surface area contributed by atoms with Gasteiger partial charge in [-0.1, -0.05) is 6.08 Å². The van der Waals surface area contributed by atoms with Crippen LogP contribution in [0.4, 0.5) is 0 Å². The predicted octanol–water partition coefficient (Wildman–Crippen LogP) is 2.01. The number of hydrogen-bond donors (Lipinski definition) is 1. The summed E-state index contributed by atoms with van der Waals surface area (Å²) in [4.78, 5) is 2.53. The van der Waals surface area contributed by atoms with Gasteiger partial charge in [-0.05, 0) is 45.6 Å². The monoisotopic (exact) mass is 196 g/mol. The van der Waals surface area contributed by atoms with Crippen molar-refractivity contribution >= 4 is 0 Å². The molecule has 1 fully saturated rings. The molecule has 0 aromatic rings. The van der Waals surface area contributed by atoms with Gasteiger partial charge in [-0.25, -0.2) is 0 Å². The zero-order valence-corrected chi connectivity index (χ0v) is 9.63. The Hall–Kier alpha value is -0.340. The van der Waals surface area contributed by atoms with Crippen molar-refractivity contribution in [3.8, 4) is 0 Å². The van der Waals surface area contributed by atoms with Crippen molar-refractivity contribution in [3.05, 3.63) is 12.7 Å². The summed E-state index contributed by atoms with van der Waals surface area (Å²) in [6.07, 6.45) is 5.79. The van der Waals surface area contributed by atoms with Gasteiger partial charge in [0.05, 0.1) is 0 Å². The molecule has 0 aromatic carbocycles. The fraction of sp³-hybridized carbons (Fsp3) is 0.833. The third-order valence-corrected chi connectivity index (χ3v) is 3.42. The smallest absolute Gasteiger partial charge is 0.0166 e. The third kappa shape index (κ3) is 2.82. The maximum atomic E-state index is 5.61. The van der Waals surface area contributed by atoms with Gasteiger partial charge in [-0.3, -0.25) is 4.90 Å². The van der Waals surface area contributed by atoms with E-state index in [2.05, 4.69) is 25.3 Å². The Kier molecular flexibility index (Phi) is 4.14. The topological polar surface area (TPSA) is 29.3 Å². The van der Waals surface area contributed by atoms with Crippen molar-refractivity contribution in [3.63, 3.8) is 0 Å². The van der Waals surface area contributed by atoms with E-state index in [-0.39, 0.29) is 0 Å². The van der Waals surface area contributed by atoms with Crippen LogP contribution in [-0.4, -0.2) is 30.1 Å². The first kappa shape index (κ1) is 11.7. The average molecular weight is 196 g/mol. The molecule has 0 aliphatic carbocycles. The maximum Gasteiger partial charge on any atom is 0.0166 e. The summed E-state index contributed by atoms with van der Waals surface area (Å²) in [5, 5.41) is 0. The molecule has 82 valence electrons. The lowest BCUT2D eigenvalue weighted by Crippen LogP contribution is -2.50. The number of nitrogens with two attached hydrogens (primary N) is 1. The normalized spacial score (nSPS) is 27.5. The van der Waals surface area contributed by atoms with E-state index >= 15 is 0 Å². The SMILES string of the molecule is C=CCN1CC(CCN)CCC1(C)C. The number of rotatable bonds is 4. The lowest BCUT2D eigenvalue weighted by atomic mass is 9.83. The molecule has 0 amide bonds. The lowest BCUT2D eigenvalue weighted by molar-refractivity contribution is 0.0548. The standard InChI is InChI=1S/C12H24N2/c1-4-9-14-10-11(6-8-13)5-7-12(14,2)3/h4,11H,1,5-10,13H2,2-3H3. The Morgan fingerprint density at radius 1 is 1.57 bits per heavy atom. The molecule has 1 heterocycles. The quantitative estimate of drug-likeness (QED) is 0.697. The highest BCUT2D eigenvalue weighted by Gasteiger charge is 2.32. The van der Waals surface area contributed by atoms with E-state index in [1.54, 1.807) is 0 Å². The molecule has 1 aliphatic heterocycles. The Bertz CT molecular complexity index is 187. The molecule has 1 saturated heterocycles. The number of hydrogen-bond acceptors (Lipinski definition) is 2. The second-order valence-electron chi connectivity index (χ2n) is 4.99. The van der Waals surface area contributed by atoms with Crippen LogP contribution >= 0.6 is 0 Å². The molecule has 1 atom stereocenters. The van der Waals surface area contributed by atoms with Crippen LogP contribution in [0.1, 0.15) is 33.1 Å². The summed E-state index contributed by atoms with van der Waals surface area (Å²) in [7, 11) is 0. The van der Waals surface area contributed by atoms with E-state index in [0.29, 0.717) is 5.54 Å². The van der Waals surface area contributed by atoms with Crippen molar-refractivity contribution in [2.45, 2.75) is 38.6 Å². The summed E-state index contributed by atoms with van der Waals surface area (Å²) in [5.74, 6) is 0.799. The van der Waals surface area contributed by atoms with Crippen LogP contribution in [0.25, 0.3) is 0 Å². The minimum Gasteiger partial charge on any atom is -0.330 e. The van der Waals surface area contributed by atoms with E-state index in [1.165, 1.54) is 25.8 Å². The largest absolute Gasteiger partial charge is 0.330 e. The van der Waals surface area contributed by atoms with Crippen LogP contribution in [0.3, 0.4) is 0 Å². The molecule has 0 bridgehead atoms. The van der Waals surface area contributed by atoms with Gasteiger partial charge in [-0.2, -0.15) is 0 Å². The van der Waals surface area contributed by atoms with E-state index < -0.39 is 0 Å². The van der Waals surface area contributed by atoms with Crippen molar-refractivity contribution in [2.24, 2.45) is 11.7 Å². The Balaban J connectivity index is 2.53. The second-order valence-corrected chi connectivity index (χ2v) is 4.99. The molecule has 2 N–H and O–H groups in total. The molecule has 1 rings (SSSR count). The van der Waals surface area contributed by atoms with Gasteiger partial charge in [0.2, 0.25) is 0 Å². The minimum atomic E-state index is 0.347. The zero-order valence-electron chi connectivity index (χ0n) is 9.63. The zero-order chi connectivity index (χ0) is 10.6. The molecule has 0 saturated carbocycles. The molecule has 2 heteroatoms. The predicted molar refractivity (Wildman–Crippen MR) is 62.2 cm³/mol. The molecule has 0 aromatic heterocycles. The van der Waals surface area contributed by atoms with Gasteiger partial charge in [0.15, 0.2) is 0 Å². The first-order valence-electron chi connectivity index (χ1n) is 5.66. The van der Waals surface area contributed by atoms with E-state index in [0.717, 1.165) is 19.0 Å². The maximum absolute atomic E-state index is 5.61. The van der Waals surface area contributed by atoms with Gasteiger partial charge < -0.3 is 5.73 Å². The highest BCUT2D eigenvalue weighted by molar-refractivity contribution is 4.91. The number of piperidine rings is 1. The molecule has 1 aliphatic rings. The summed E-state index contributed by atoms with van der Waals surface area (Å²) in [6, 6.07) is 0. The summed E-state index contributed by atoms with van der Waals surface area (Å²) >= 11 is 0. The Morgan fingerprint density at radius 3 is 2.86 bits per heavy atom. The Labute approximate surface area is 88.2 Å². The number of nitrogens with zero attached hydrogens (tertiary/aromatic N) is 1. The fourth-order valence-corrected chi connectivity index (χ4v) is 2.31. The summed E-state index contributed by atoms with van der Waals surface area (Å²) in [5.41, 5.74) is 5.95. The van der Waals surface area contributed by atoms with Gasteiger partial charge >= 0.3 is 0 Å². The van der Waals surface area contributed by atoms with Gasteiger partial charge in [-0.15, -0.1) is 6.58 Å². The van der Waals surface area contributed by atoms with Gasteiger partial charge in [0.1, 0.15) is 0 Å². The lowest BCUT2D eigenvalue weighted by Gasteiger charge is -2.45. The van der Waals surface area contributed by atoms with Crippen molar-refractivity contribution in [1.29, 1.82) is 0 Å².